The zero-order valence-corrected chi connectivity index (χ0v) is 32.6. The molecule has 4 aromatic carbocycles. The number of aromatic nitrogens is 1. The lowest BCUT2D eigenvalue weighted by Gasteiger charge is -2.35. The van der Waals surface area contributed by atoms with Gasteiger partial charge in [0.2, 0.25) is 0 Å². The van der Waals surface area contributed by atoms with E-state index in [4.69, 9.17) is 28.4 Å². The SMILES string of the molecule is COCCOCCOCCN1c2ccccc2C2=CC1C=CC(N(c1ccc([N+](=O)[O-])cc1)c1ccc3c(c1)c1ccccc1n3CCOCCOCCOC)=C2. The predicted octanol–water partition coefficient (Wildman–Crippen LogP) is 7.93. The van der Waals surface area contributed by atoms with Gasteiger partial charge in [-0.1, -0.05) is 48.6 Å². The average molecular weight is 775 g/mol. The van der Waals surface area contributed by atoms with Crippen molar-refractivity contribution in [3.8, 4) is 0 Å². The molecular weight excluding hydrogens is 725 g/mol. The molecular formula is C45H50N4O8. The van der Waals surface area contributed by atoms with Crippen molar-refractivity contribution in [3.63, 3.8) is 0 Å². The molecule has 2 aliphatic rings. The molecule has 1 aliphatic heterocycles. The Morgan fingerprint density at radius 1 is 0.667 bits per heavy atom. The highest BCUT2D eigenvalue weighted by Crippen LogP contribution is 2.41. The van der Waals surface area contributed by atoms with Crippen molar-refractivity contribution in [3.05, 3.63) is 137 Å². The first-order chi connectivity index (χ1) is 28.1. The Morgan fingerprint density at radius 3 is 2.00 bits per heavy atom. The van der Waals surface area contributed by atoms with Crippen LogP contribution in [0.2, 0.25) is 0 Å². The Hall–Kier alpha value is -5.34. The fraction of sp³-hybridized carbons (Fsp3) is 0.333. The summed E-state index contributed by atoms with van der Waals surface area (Å²) in [6.45, 7) is 6.75. The third-order valence-electron chi connectivity index (χ3n) is 10.1. The van der Waals surface area contributed by atoms with Gasteiger partial charge in [-0.05, 0) is 60.2 Å². The molecule has 7 rings (SSSR count). The quantitative estimate of drug-likeness (QED) is 0.0391. The summed E-state index contributed by atoms with van der Waals surface area (Å²) in [5, 5.41) is 13.9. The molecule has 0 N–H and O–H groups in total. The van der Waals surface area contributed by atoms with Crippen LogP contribution >= 0.6 is 0 Å². The summed E-state index contributed by atoms with van der Waals surface area (Å²) in [7, 11) is 3.32. The zero-order chi connectivity index (χ0) is 39.4. The maximum Gasteiger partial charge on any atom is 0.269 e. The molecule has 5 aromatic rings. The highest BCUT2D eigenvalue weighted by molar-refractivity contribution is 6.09. The first kappa shape index (κ1) is 39.9. The first-order valence-electron chi connectivity index (χ1n) is 19.4. The van der Waals surface area contributed by atoms with Gasteiger partial charge in [0.15, 0.2) is 0 Å². The monoisotopic (exact) mass is 774 g/mol. The Labute approximate surface area is 333 Å². The van der Waals surface area contributed by atoms with Crippen LogP contribution in [0.3, 0.4) is 0 Å². The van der Waals surface area contributed by atoms with Crippen LogP contribution in [0.4, 0.5) is 22.7 Å². The number of benzene rings is 4. The molecule has 2 heterocycles. The van der Waals surface area contributed by atoms with E-state index in [1.54, 1.807) is 26.4 Å². The minimum Gasteiger partial charge on any atom is -0.382 e. The average Bonchev–Trinajstić information content (AvgIpc) is 3.42. The number of nitro groups is 1. The number of methoxy groups -OCH3 is 2. The van der Waals surface area contributed by atoms with Crippen molar-refractivity contribution in [1.29, 1.82) is 0 Å². The fourth-order valence-electron chi connectivity index (χ4n) is 7.43. The van der Waals surface area contributed by atoms with Gasteiger partial charge in [-0.25, -0.2) is 0 Å². The summed E-state index contributed by atoms with van der Waals surface area (Å²) >= 11 is 0. The molecule has 0 saturated heterocycles. The Kier molecular flexibility index (Phi) is 13.8. The van der Waals surface area contributed by atoms with Crippen LogP contribution < -0.4 is 9.80 Å². The topological polar surface area (TPSA) is 110 Å². The second-order valence-electron chi connectivity index (χ2n) is 13.7. The number of nitro benzene ring substituents is 1. The smallest absolute Gasteiger partial charge is 0.269 e. The van der Waals surface area contributed by atoms with Gasteiger partial charge in [0.1, 0.15) is 0 Å². The Bertz CT molecular complexity index is 2210. The number of hydrogen-bond donors (Lipinski definition) is 0. The van der Waals surface area contributed by atoms with Gasteiger partial charge in [-0.15, -0.1) is 0 Å². The summed E-state index contributed by atoms with van der Waals surface area (Å²) in [5.41, 5.74) is 8.31. The summed E-state index contributed by atoms with van der Waals surface area (Å²) in [6, 6.07) is 30.1. The number of hydrogen-bond acceptors (Lipinski definition) is 10. The van der Waals surface area contributed by atoms with E-state index in [1.165, 1.54) is 0 Å². The molecule has 57 heavy (non-hydrogen) atoms. The number of allylic oxidation sites excluding steroid dienone is 3. The van der Waals surface area contributed by atoms with Gasteiger partial charge in [-0.3, -0.25) is 10.1 Å². The van der Waals surface area contributed by atoms with Crippen LogP contribution in [0.25, 0.3) is 27.4 Å². The maximum absolute atomic E-state index is 11.7. The summed E-state index contributed by atoms with van der Waals surface area (Å²) < 4.78 is 35.5. The van der Waals surface area contributed by atoms with E-state index < -0.39 is 0 Å². The molecule has 298 valence electrons. The zero-order valence-electron chi connectivity index (χ0n) is 32.6. The van der Waals surface area contributed by atoms with Gasteiger partial charge in [0.05, 0.1) is 77.0 Å². The van der Waals surface area contributed by atoms with E-state index in [-0.39, 0.29) is 16.7 Å². The number of rotatable bonds is 22. The van der Waals surface area contributed by atoms with Crippen molar-refractivity contribution in [2.24, 2.45) is 0 Å². The number of anilines is 3. The third-order valence-corrected chi connectivity index (χ3v) is 10.1. The lowest BCUT2D eigenvalue weighted by Crippen LogP contribution is -2.38. The van der Waals surface area contributed by atoms with Crippen molar-refractivity contribution in [1.82, 2.24) is 4.57 Å². The van der Waals surface area contributed by atoms with Crippen molar-refractivity contribution >= 4 is 50.1 Å². The first-order valence-corrected chi connectivity index (χ1v) is 19.4. The second-order valence-corrected chi connectivity index (χ2v) is 13.7. The van der Waals surface area contributed by atoms with Gasteiger partial charge in [0, 0.05) is 89.6 Å². The lowest BCUT2D eigenvalue weighted by molar-refractivity contribution is -0.384. The van der Waals surface area contributed by atoms with Crippen LogP contribution in [-0.2, 0) is 35.0 Å². The molecule has 0 fully saturated rings. The number of fused-ring (bicyclic) bond motifs is 6. The van der Waals surface area contributed by atoms with Gasteiger partial charge < -0.3 is 42.8 Å². The van der Waals surface area contributed by atoms with Crippen LogP contribution in [0.5, 0.6) is 0 Å². The minimum atomic E-state index is -0.365. The normalized spacial score (nSPS) is 14.8. The van der Waals surface area contributed by atoms with E-state index in [1.807, 2.05) is 12.1 Å². The molecule has 1 aliphatic carbocycles. The van der Waals surface area contributed by atoms with Crippen molar-refractivity contribution in [2.75, 3.05) is 96.6 Å². The molecule has 1 atom stereocenters. The molecule has 0 saturated carbocycles. The summed E-state index contributed by atoms with van der Waals surface area (Å²) in [4.78, 5) is 15.9. The highest BCUT2D eigenvalue weighted by atomic mass is 16.6. The summed E-state index contributed by atoms with van der Waals surface area (Å²) in [5.74, 6) is 0. The Balaban J connectivity index is 1.19. The number of para-hydroxylation sites is 2. The molecule has 12 heteroatoms. The van der Waals surface area contributed by atoms with Crippen LogP contribution in [-0.4, -0.2) is 102 Å². The molecule has 0 amide bonds. The molecule has 2 bridgehead atoms. The van der Waals surface area contributed by atoms with Gasteiger partial charge >= 0.3 is 0 Å². The number of non-ortho nitro benzene ring substituents is 1. The lowest BCUT2D eigenvalue weighted by atomic mass is 9.95. The predicted molar refractivity (Wildman–Crippen MR) is 224 cm³/mol. The maximum atomic E-state index is 11.7. The molecule has 0 spiro atoms. The van der Waals surface area contributed by atoms with E-state index in [0.29, 0.717) is 79.2 Å². The fourth-order valence-corrected chi connectivity index (χ4v) is 7.43. The molecule has 1 aromatic heterocycles. The second kappa shape index (κ2) is 19.7. The van der Waals surface area contributed by atoms with E-state index in [2.05, 4.69) is 105 Å². The highest BCUT2D eigenvalue weighted by Gasteiger charge is 2.27. The van der Waals surface area contributed by atoms with E-state index >= 15 is 0 Å². The van der Waals surface area contributed by atoms with Crippen LogP contribution in [0.15, 0.2) is 121 Å². The minimum absolute atomic E-state index is 0.0106. The number of nitrogens with zero attached hydrogens (tertiary/aromatic N) is 4. The summed E-state index contributed by atoms with van der Waals surface area (Å²) in [6.07, 6.45) is 8.88. The van der Waals surface area contributed by atoms with E-state index in [0.717, 1.165) is 55.7 Å². The van der Waals surface area contributed by atoms with Crippen molar-refractivity contribution in [2.45, 2.75) is 12.6 Å². The molecule has 1 unspecified atom stereocenters. The Morgan fingerprint density at radius 2 is 1.28 bits per heavy atom. The largest absolute Gasteiger partial charge is 0.382 e. The third kappa shape index (κ3) is 9.45. The van der Waals surface area contributed by atoms with Crippen LogP contribution in [0, 0.1) is 10.1 Å². The number of ether oxygens (including phenoxy) is 6. The van der Waals surface area contributed by atoms with Gasteiger partial charge in [-0.2, -0.15) is 0 Å². The standard InChI is InChI=1S/C45H50N4O8/c1-52-23-25-56-29-27-54-21-19-46-37-15-16-38(32-34(31-37)40-7-3-5-9-43(40)46)48(35-11-13-36(14-12-35)49(50)51)39-17-18-45-42(33-39)41-8-4-6-10-44(41)47(45)20-22-55-28-30-57-26-24-53-2/h3-18,31-33,37H,19-30H2,1-2H3. The molecule has 0 radical (unpaired) electrons. The van der Waals surface area contributed by atoms with Gasteiger partial charge in [0.25, 0.3) is 5.69 Å². The molecule has 12 nitrogen and oxygen atoms in total. The van der Waals surface area contributed by atoms with Crippen LogP contribution in [0.1, 0.15) is 5.56 Å². The van der Waals surface area contributed by atoms with E-state index in [9.17, 15) is 10.1 Å². The van der Waals surface area contributed by atoms with Crippen molar-refractivity contribution < 1.29 is 33.3 Å².